The Kier molecular flexibility index (Phi) is 7.11. The van der Waals surface area contributed by atoms with Crippen LogP contribution in [-0.4, -0.2) is 37.2 Å². The number of ether oxygens (including phenoxy) is 3. The molecule has 0 amide bonds. The van der Waals surface area contributed by atoms with E-state index in [1.165, 1.54) is 13.8 Å². The van der Waals surface area contributed by atoms with Crippen LogP contribution in [0.3, 0.4) is 0 Å². The predicted octanol–water partition coefficient (Wildman–Crippen LogP) is 1.46. The van der Waals surface area contributed by atoms with Crippen LogP contribution in [0.2, 0.25) is 0 Å². The van der Waals surface area contributed by atoms with Gasteiger partial charge < -0.3 is 14.2 Å². The van der Waals surface area contributed by atoms with Crippen molar-refractivity contribution in [1.82, 2.24) is 0 Å². The zero-order valence-corrected chi connectivity index (χ0v) is 12.1. The number of rotatable bonds is 6. The van der Waals surface area contributed by atoms with Gasteiger partial charge in [-0.2, -0.15) is 0 Å². The Bertz CT molecular complexity index is 329. The van der Waals surface area contributed by atoms with Gasteiger partial charge in [-0.05, 0) is 18.8 Å². The molecule has 0 saturated carbocycles. The molecule has 0 aromatic carbocycles. The maximum absolute atomic E-state index is 11.3. The lowest BCUT2D eigenvalue weighted by Crippen LogP contribution is -2.28. The van der Waals surface area contributed by atoms with E-state index in [9.17, 15) is 14.4 Å². The fraction of sp³-hybridized carbons (Fsp3) is 0.769. The summed E-state index contributed by atoms with van der Waals surface area (Å²) < 4.78 is 14.2. The van der Waals surface area contributed by atoms with Gasteiger partial charge >= 0.3 is 17.9 Å². The lowest BCUT2D eigenvalue weighted by Gasteiger charge is -2.17. The number of hydrogen-bond donors (Lipinski definition) is 0. The molecule has 0 fully saturated rings. The minimum Gasteiger partial charge on any atom is -0.463 e. The summed E-state index contributed by atoms with van der Waals surface area (Å²) in [6, 6.07) is 0. The van der Waals surface area contributed by atoms with Gasteiger partial charge in [-0.15, -0.1) is 0 Å². The molecular formula is C13H22O6. The van der Waals surface area contributed by atoms with Gasteiger partial charge in [0.2, 0.25) is 0 Å². The van der Waals surface area contributed by atoms with Crippen LogP contribution in [0.4, 0.5) is 0 Å². The smallest absolute Gasteiger partial charge is 0.347 e. The van der Waals surface area contributed by atoms with Crippen LogP contribution >= 0.6 is 0 Å². The van der Waals surface area contributed by atoms with Crippen molar-refractivity contribution in [2.24, 2.45) is 5.41 Å². The summed E-state index contributed by atoms with van der Waals surface area (Å²) in [4.78, 5) is 33.2. The lowest BCUT2D eigenvalue weighted by molar-refractivity contribution is -0.170. The van der Waals surface area contributed by atoms with Crippen LogP contribution in [0.25, 0.3) is 0 Å². The van der Waals surface area contributed by atoms with E-state index >= 15 is 0 Å². The second-order valence-electron chi connectivity index (χ2n) is 5.39. The summed E-state index contributed by atoms with van der Waals surface area (Å²) in [6.45, 7) is 8.44. The van der Waals surface area contributed by atoms with Gasteiger partial charge in [0.15, 0.2) is 12.7 Å². The van der Waals surface area contributed by atoms with Crippen LogP contribution in [0.15, 0.2) is 0 Å². The average Bonchev–Trinajstić information content (AvgIpc) is 2.23. The van der Waals surface area contributed by atoms with Crippen molar-refractivity contribution in [3.63, 3.8) is 0 Å². The van der Waals surface area contributed by atoms with Gasteiger partial charge in [-0.3, -0.25) is 4.79 Å². The highest BCUT2D eigenvalue weighted by atomic mass is 16.6. The molecule has 110 valence electrons. The van der Waals surface area contributed by atoms with E-state index in [4.69, 9.17) is 4.74 Å². The molecule has 0 aliphatic carbocycles. The molecule has 0 aliphatic heterocycles. The Labute approximate surface area is 113 Å². The second kappa shape index (κ2) is 7.76. The van der Waals surface area contributed by atoms with Gasteiger partial charge in [-0.1, -0.05) is 20.8 Å². The Morgan fingerprint density at radius 2 is 1.68 bits per heavy atom. The summed E-state index contributed by atoms with van der Waals surface area (Å²) in [5, 5.41) is 0. The third-order valence-electron chi connectivity index (χ3n) is 2.12. The van der Waals surface area contributed by atoms with Crippen molar-refractivity contribution in [3.05, 3.63) is 0 Å². The van der Waals surface area contributed by atoms with Crippen molar-refractivity contribution in [2.45, 2.75) is 47.1 Å². The van der Waals surface area contributed by atoms with Crippen molar-refractivity contribution >= 4 is 17.9 Å². The van der Waals surface area contributed by atoms with Crippen LogP contribution in [-0.2, 0) is 28.6 Å². The molecule has 19 heavy (non-hydrogen) atoms. The molecule has 0 bridgehead atoms. The molecule has 1 atom stereocenters. The topological polar surface area (TPSA) is 78.9 Å². The zero-order chi connectivity index (χ0) is 15.1. The first kappa shape index (κ1) is 17.4. The third kappa shape index (κ3) is 10.1. The normalized spacial score (nSPS) is 12.5. The summed E-state index contributed by atoms with van der Waals surface area (Å²) >= 11 is 0. The summed E-state index contributed by atoms with van der Waals surface area (Å²) in [7, 11) is 0. The highest BCUT2D eigenvalue weighted by Gasteiger charge is 2.19. The fourth-order valence-corrected chi connectivity index (χ4v) is 1.06. The quantitative estimate of drug-likeness (QED) is 0.539. The van der Waals surface area contributed by atoms with Gasteiger partial charge in [0, 0.05) is 6.92 Å². The molecule has 0 spiro atoms. The van der Waals surface area contributed by atoms with Crippen molar-refractivity contribution in [1.29, 1.82) is 0 Å². The first-order valence-corrected chi connectivity index (χ1v) is 6.11. The summed E-state index contributed by atoms with van der Waals surface area (Å²) in [5.41, 5.74) is 0.0702. The standard InChI is InChI=1S/C13H22O6/c1-9(19-10(2)14)12(16)18-8-11(15)17-7-6-13(3,4)5/h9H,6-8H2,1-5H3. The second-order valence-corrected chi connectivity index (χ2v) is 5.39. The largest absolute Gasteiger partial charge is 0.463 e. The maximum atomic E-state index is 11.3. The Morgan fingerprint density at radius 1 is 1.11 bits per heavy atom. The van der Waals surface area contributed by atoms with Gasteiger partial charge in [0.1, 0.15) is 0 Å². The molecule has 0 N–H and O–H groups in total. The molecule has 6 heteroatoms. The molecule has 0 heterocycles. The van der Waals surface area contributed by atoms with E-state index in [0.717, 1.165) is 6.42 Å². The average molecular weight is 274 g/mol. The zero-order valence-electron chi connectivity index (χ0n) is 12.1. The van der Waals surface area contributed by atoms with E-state index < -0.39 is 30.6 Å². The minimum atomic E-state index is -1.03. The first-order chi connectivity index (χ1) is 8.61. The van der Waals surface area contributed by atoms with E-state index in [0.29, 0.717) is 0 Å². The molecule has 0 saturated heterocycles. The fourth-order valence-electron chi connectivity index (χ4n) is 1.06. The molecule has 0 radical (unpaired) electrons. The van der Waals surface area contributed by atoms with Crippen molar-refractivity contribution in [3.8, 4) is 0 Å². The monoisotopic (exact) mass is 274 g/mol. The van der Waals surface area contributed by atoms with Crippen LogP contribution < -0.4 is 0 Å². The van der Waals surface area contributed by atoms with E-state index in [1.807, 2.05) is 20.8 Å². The maximum Gasteiger partial charge on any atom is 0.347 e. The van der Waals surface area contributed by atoms with E-state index in [-0.39, 0.29) is 12.0 Å². The number of carbonyl (C=O) groups excluding carboxylic acids is 3. The third-order valence-corrected chi connectivity index (χ3v) is 2.12. The molecule has 0 rings (SSSR count). The SMILES string of the molecule is CC(=O)OC(C)C(=O)OCC(=O)OCCC(C)(C)C. The van der Waals surface area contributed by atoms with E-state index in [2.05, 4.69) is 9.47 Å². The molecule has 0 aliphatic rings. The number of carbonyl (C=O) groups is 3. The molecular weight excluding hydrogens is 252 g/mol. The van der Waals surface area contributed by atoms with Crippen molar-refractivity contribution in [2.75, 3.05) is 13.2 Å². The summed E-state index contributed by atoms with van der Waals surface area (Å²) in [5.74, 6) is -1.98. The lowest BCUT2D eigenvalue weighted by atomic mass is 9.93. The van der Waals surface area contributed by atoms with Gasteiger partial charge in [0.25, 0.3) is 0 Å². The first-order valence-electron chi connectivity index (χ1n) is 6.11. The van der Waals surface area contributed by atoms with Gasteiger partial charge in [0.05, 0.1) is 6.61 Å². The highest BCUT2D eigenvalue weighted by Crippen LogP contribution is 2.17. The van der Waals surface area contributed by atoms with E-state index in [1.54, 1.807) is 0 Å². The molecule has 0 aromatic rings. The van der Waals surface area contributed by atoms with Gasteiger partial charge in [-0.25, -0.2) is 9.59 Å². The Morgan fingerprint density at radius 3 is 2.16 bits per heavy atom. The molecule has 6 nitrogen and oxygen atoms in total. The minimum absolute atomic E-state index is 0.0702. The molecule has 0 aromatic heterocycles. The Hall–Kier alpha value is -1.59. The number of esters is 3. The van der Waals surface area contributed by atoms with Crippen LogP contribution in [0.1, 0.15) is 41.0 Å². The number of hydrogen-bond acceptors (Lipinski definition) is 6. The van der Waals surface area contributed by atoms with Crippen LogP contribution in [0.5, 0.6) is 0 Å². The van der Waals surface area contributed by atoms with Crippen LogP contribution in [0, 0.1) is 5.41 Å². The van der Waals surface area contributed by atoms with Crippen molar-refractivity contribution < 1.29 is 28.6 Å². The predicted molar refractivity (Wildman–Crippen MR) is 67.2 cm³/mol. The molecule has 1 unspecified atom stereocenters. The Balaban J connectivity index is 3.84. The summed E-state index contributed by atoms with van der Waals surface area (Å²) in [6.07, 6.45) is -0.309. The highest BCUT2D eigenvalue weighted by molar-refractivity contribution is 5.80.